The van der Waals surface area contributed by atoms with Gasteiger partial charge in [-0.15, -0.1) is 0 Å². The zero-order valence-electron chi connectivity index (χ0n) is 11.0. The molecule has 2 unspecified atom stereocenters. The van der Waals surface area contributed by atoms with Crippen LogP contribution >= 0.6 is 0 Å². The van der Waals surface area contributed by atoms with E-state index in [4.69, 9.17) is 4.74 Å². The average Bonchev–Trinajstić information content (AvgIpc) is 2.75. The van der Waals surface area contributed by atoms with E-state index < -0.39 is 22.6 Å². The summed E-state index contributed by atoms with van der Waals surface area (Å²) in [6, 6.07) is 0. The molecule has 0 aromatic rings. The molecule has 104 valence electrons. The van der Waals surface area contributed by atoms with Crippen LogP contribution in [0.5, 0.6) is 0 Å². The summed E-state index contributed by atoms with van der Waals surface area (Å²) in [4.78, 5) is 12.1. The number of hydrogen-bond acceptors (Lipinski definition) is 3. The van der Waals surface area contributed by atoms with E-state index in [1.54, 1.807) is 0 Å². The maximum absolute atomic E-state index is 12.1. The van der Waals surface area contributed by atoms with Gasteiger partial charge in [0.25, 0.3) is 0 Å². The molecule has 4 heteroatoms. The van der Waals surface area contributed by atoms with Gasteiger partial charge in [-0.2, -0.15) is 0 Å². The number of aliphatic hydroxyl groups is 1. The normalized spacial score (nSPS) is 63.8. The number of ether oxygens (including phenoxy) is 1. The van der Waals surface area contributed by atoms with E-state index in [2.05, 4.69) is 0 Å². The first-order chi connectivity index (χ1) is 9.09. The van der Waals surface area contributed by atoms with Gasteiger partial charge < -0.3 is 14.9 Å². The first-order valence-corrected chi connectivity index (χ1v) is 7.63. The van der Waals surface area contributed by atoms with Crippen molar-refractivity contribution in [3.63, 3.8) is 0 Å². The number of aliphatic hydroxyl groups excluding tert-OH is 1. The molecule has 1 heterocycles. The largest absolute Gasteiger partial charge is 0.481 e. The Bertz CT molecular complexity index is 475. The van der Waals surface area contributed by atoms with E-state index in [9.17, 15) is 15.0 Å². The van der Waals surface area contributed by atoms with Gasteiger partial charge in [0.05, 0.1) is 17.8 Å². The summed E-state index contributed by atoms with van der Waals surface area (Å²) in [6.07, 6.45) is 5.34. The fourth-order valence-electron chi connectivity index (χ4n) is 6.79. The Labute approximate surface area is 112 Å². The Morgan fingerprint density at radius 3 is 2.53 bits per heavy atom. The van der Waals surface area contributed by atoms with Crippen LogP contribution in [0.4, 0.5) is 0 Å². The highest BCUT2D eigenvalue weighted by molar-refractivity contribution is 5.78. The number of fused-ring (bicyclic) bond motifs is 2. The summed E-state index contributed by atoms with van der Waals surface area (Å²) in [5.74, 6) is 1.73. The van der Waals surface area contributed by atoms with Crippen LogP contribution in [0.2, 0.25) is 0 Å². The number of carboxylic acids is 1. The van der Waals surface area contributed by atoms with Gasteiger partial charge in [-0.05, 0) is 62.2 Å². The molecule has 2 N–H and O–H groups in total. The second-order valence-corrected chi connectivity index (χ2v) is 7.68. The van der Waals surface area contributed by atoms with Crippen LogP contribution in [0.1, 0.15) is 38.5 Å². The Balaban J connectivity index is 1.71. The zero-order valence-corrected chi connectivity index (χ0v) is 11.0. The highest BCUT2D eigenvalue weighted by Gasteiger charge is 2.86. The number of aliphatic carboxylic acids is 1. The van der Waals surface area contributed by atoms with E-state index >= 15 is 0 Å². The molecule has 1 spiro atoms. The number of rotatable bonds is 2. The lowest BCUT2D eigenvalue weighted by Crippen LogP contribution is -2.53. The summed E-state index contributed by atoms with van der Waals surface area (Å²) in [6.45, 7) is -0.0153. The molecule has 6 fully saturated rings. The molecule has 6 aliphatic rings. The third-order valence-electron chi connectivity index (χ3n) is 7.24. The molecule has 1 saturated heterocycles. The number of carboxylic acid groups (broad SMARTS) is 1. The van der Waals surface area contributed by atoms with Crippen molar-refractivity contribution < 1.29 is 19.7 Å². The van der Waals surface area contributed by atoms with E-state index in [1.807, 2.05) is 0 Å². The molecule has 19 heavy (non-hydrogen) atoms. The Kier molecular flexibility index (Phi) is 1.67. The molecule has 0 radical (unpaired) electrons. The van der Waals surface area contributed by atoms with Crippen LogP contribution < -0.4 is 0 Å². The predicted octanol–water partition coefficient (Wildman–Crippen LogP) is 1.42. The second-order valence-electron chi connectivity index (χ2n) is 7.68. The van der Waals surface area contributed by atoms with Gasteiger partial charge in [0.1, 0.15) is 5.41 Å². The van der Waals surface area contributed by atoms with E-state index in [0.717, 1.165) is 31.1 Å². The fourth-order valence-corrected chi connectivity index (χ4v) is 6.79. The molecule has 0 aromatic carbocycles. The van der Waals surface area contributed by atoms with E-state index in [-0.39, 0.29) is 6.61 Å². The van der Waals surface area contributed by atoms with Crippen LogP contribution in [0.15, 0.2) is 0 Å². The smallest absolute Gasteiger partial charge is 0.312 e. The Morgan fingerprint density at radius 2 is 2.00 bits per heavy atom. The van der Waals surface area contributed by atoms with Crippen molar-refractivity contribution in [1.82, 2.24) is 0 Å². The van der Waals surface area contributed by atoms with Crippen LogP contribution in [-0.2, 0) is 9.53 Å². The molecule has 0 amide bonds. The van der Waals surface area contributed by atoms with Crippen molar-refractivity contribution >= 4 is 5.97 Å². The Morgan fingerprint density at radius 1 is 1.26 bits per heavy atom. The maximum atomic E-state index is 12.1. The molecule has 1 aliphatic heterocycles. The quantitative estimate of drug-likeness (QED) is 0.791. The lowest BCUT2D eigenvalue weighted by atomic mass is 9.60. The molecule has 0 aromatic heterocycles. The minimum Gasteiger partial charge on any atom is -0.481 e. The van der Waals surface area contributed by atoms with Crippen LogP contribution in [0, 0.1) is 29.1 Å². The number of hydrogen-bond donors (Lipinski definition) is 2. The molecule has 5 saturated carbocycles. The van der Waals surface area contributed by atoms with Gasteiger partial charge in [-0.25, -0.2) is 0 Å². The number of carbonyl (C=O) groups is 1. The molecular formula is C15H20O4. The predicted molar refractivity (Wildman–Crippen MR) is 65.4 cm³/mol. The van der Waals surface area contributed by atoms with Crippen LogP contribution in [-0.4, -0.2) is 34.0 Å². The van der Waals surface area contributed by atoms with Crippen molar-refractivity contribution in [2.75, 3.05) is 6.61 Å². The first kappa shape index (κ1) is 11.1. The molecule has 7 atom stereocenters. The summed E-state index contributed by atoms with van der Waals surface area (Å²) in [5.41, 5.74) is -1.68. The van der Waals surface area contributed by atoms with E-state index in [1.165, 1.54) is 12.8 Å². The van der Waals surface area contributed by atoms with Crippen molar-refractivity contribution in [3.05, 3.63) is 0 Å². The van der Waals surface area contributed by atoms with Gasteiger partial charge >= 0.3 is 5.97 Å². The summed E-state index contributed by atoms with van der Waals surface area (Å²) in [5, 5.41) is 19.8. The van der Waals surface area contributed by atoms with Crippen molar-refractivity contribution in [2.45, 2.75) is 49.7 Å². The summed E-state index contributed by atoms with van der Waals surface area (Å²) >= 11 is 0. The fraction of sp³-hybridized carbons (Fsp3) is 0.933. The SMILES string of the molecule is O=C(O)[C@]12CCC[C@](CO)(C1)O[C@]21C2C[C@@H]3C1[C@@H]3C2. The standard InChI is InChI=1S/C15H20O4/c16-7-13-2-1-3-14(6-13,12(17)18)15(19-13)8-4-9-10(5-8)11(9)15/h8-11,16H,1-7H2,(H,17,18)/t8?,9-,10+,11?,13-,14+,15+/m1/s1. The molecule has 6 rings (SSSR count). The lowest BCUT2D eigenvalue weighted by Gasteiger charge is -2.41. The molecule has 6 bridgehead atoms. The third kappa shape index (κ3) is 0.907. The molecule has 5 aliphatic carbocycles. The summed E-state index contributed by atoms with van der Waals surface area (Å²) in [7, 11) is 0. The topological polar surface area (TPSA) is 66.8 Å². The highest BCUT2D eigenvalue weighted by Crippen LogP contribution is 2.83. The van der Waals surface area contributed by atoms with Gasteiger partial charge in [0.2, 0.25) is 0 Å². The van der Waals surface area contributed by atoms with Gasteiger partial charge in [0.15, 0.2) is 0 Å². The average molecular weight is 264 g/mol. The van der Waals surface area contributed by atoms with Crippen molar-refractivity contribution in [1.29, 1.82) is 0 Å². The molecule has 4 nitrogen and oxygen atoms in total. The minimum absolute atomic E-state index is 0.0153. The van der Waals surface area contributed by atoms with Crippen molar-refractivity contribution in [2.24, 2.45) is 29.1 Å². The van der Waals surface area contributed by atoms with Crippen LogP contribution in [0.3, 0.4) is 0 Å². The van der Waals surface area contributed by atoms with Gasteiger partial charge in [-0.3, -0.25) is 4.79 Å². The maximum Gasteiger partial charge on any atom is 0.312 e. The second kappa shape index (κ2) is 2.86. The zero-order chi connectivity index (χ0) is 13.0. The highest BCUT2D eigenvalue weighted by atomic mass is 16.6. The van der Waals surface area contributed by atoms with Gasteiger partial charge in [0, 0.05) is 0 Å². The summed E-state index contributed by atoms with van der Waals surface area (Å²) < 4.78 is 6.51. The Hall–Kier alpha value is -0.610. The van der Waals surface area contributed by atoms with Crippen molar-refractivity contribution in [3.8, 4) is 0 Å². The molecular weight excluding hydrogens is 244 g/mol. The van der Waals surface area contributed by atoms with E-state index in [0.29, 0.717) is 18.3 Å². The third-order valence-corrected chi connectivity index (χ3v) is 7.24. The van der Waals surface area contributed by atoms with Crippen LogP contribution in [0.25, 0.3) is 0 Å². The minimum atomic E-state index is -0.705. The lowest BCUT2D eigenvalue weighted by molar-refractivity contribution is -0.177. The monoisotopic (exact) mass is 264 g/mol. The van der Waals surface area contributed by atoms with Gasteiger partial charge in [-0.1, -0.05) is 0 Å². The first-order valence-electron chi connectivity index (χ1n) is 7.63.